The molecule has 0 spiro atoms. The van der Waals surface area contributed by atoms with E-state index in [9.17, 15) is 0 Å². The van der Waals surface area contributed by atoms with Crippen LogP contribution in [0.15, 0.2) is 64.8 Å². The van der Waals surface area contributed by atoms with Crippen LogP contribution in [-0.4, -0.2) is 0 Å². The summed E-state index contributed by atoms with van der Waals surface area (Å²) in [5, 5.41) is 8.42. The first kappa shape index (κ1) is 12.5. The maximum Gasteiger partial charge on any atom is 0.0857 e. The fourth-order valence-corrected chi connectivity index (χ4v) is 1.72. The van der Waals surface area contributed by atoms with E-state index in [1.165, 1.54) is 5.56 Å². The van der Waals surface area contributed by atoms with Gasteiger partial charge in [0.1, 0.15) is 0 Å². The van der Waals surface area contributed by atoms with Gasteiger partial charge in [0.2, 0.25) is 0 Å². The van der Waals surface area contributed by atoms with Gasteiger partial charge in [-0.25, -0.2) is 0 Å². The van der Waals surface area contributed by atoms with Gasteiger partial charge in [-0.05, 0) is 42.2 Å². The Morgan fingerprint density at radius 1 is 0.833 bits per heavy atom. The quantitative estimate of drug-likeness (QED) is 0.618. The van der Waals surface area contributed by atoms with Crippen LogP contribution in [0.4, 0.5) is 11.4 Å². The van der Waals surface area contributed by atoms with Crippen LogP contribution in [0.5, 0.6) is 0 Å². The maximum absolute atomic E-state index is 4.23. The third-order valence-electron chi connectivity index (χ3n) is 3.11. The van der Waals surface area contributed by atoms with Crippen molar-refractivity contribution in [2.24, 2.45) is 10.2 Å². The zero-order valence-electron chi connectivity index (χ0n) is 10.9. The average molecular weight is 238 g/mol. The standard InChI is InChI=1S/C16H18N2/c1-3-13(2)14-9-11-16(12-10-14)18-17-15-7-5-4-6-8-15/h4-13H,3H2,1-2H3/b18-17+. The van der Waals surface area contributed by atoms with E-state index in [2.05, 4.69) is 36.2 Å². The van der Waals surface area contributed by atoms with Crippen molar-refractivity contribution in [3.8, 4) is 0 Å². The van der Waals surface area contributed by atoms with Gasteiger partial charge in [0, 0.05) is 0 Å². The highest BCUT2D eigenvalue weighted by Crippen LogP contribution is 2.23. The average Bonchev–Trinajstić information content (AvgIpc) is 2.46. The highest BCUT2D eigenvalue weighted by Gasteiger charge is 2.01. The Morgan fingerprint density at radius 3 is 1.94 bits per heavy atom. The minimum Gasteiger partial charge on any atom is -0.151 e. The van der Waals surface area contributed by atoms with Gasteiger partial charge in [0.25, 0.3) is 0 Å². The van der Waals surface area contributed by atoms with Crippen molar-refractivity contribution in [1.29, 1.82) is 0 Å². The molecule has 2 rings (SSSR count). The largest absolute Gasteiger partial charge is 0.151 e. The molecule has 0 heterocycles. The summed E-state index contributed by atoms with van der Waals surface area (Å²) in [4.78, 5) is 0. The maximum atomic E-state index is 4.23. The lowest BCUT2D eigenvalue weighted by Crippen LogP contribution is -1.89. The topological polar surface area (TPSA) is 24.7 Å². The second kappa shape index (κ2) is 6.10. The molecule has 0 aliphatic rings. The molecule has 2 aromatic carbocycles. The molecule has 0 aliphatic heterocycles. The minimum atomic E-state index is 0.602. The van der Waals surface area contributed by atoms with Crippen molar-refractivity contribution < 1.29 is 0 Å². The van der Waals surface area contributed by atoms with Crippen molar-refractivity contribution in [3.05, 3.63) is 60.2 Å². The molecule has 0 bridgehead atoms. The van der Waals surface area contributed by atoms with Gasteiger partial charge in [-0.1, -0.05) is 44.2 Å². The second-order valence-corrected chi connectivity index (χ2v) is 4.44. The molecule has 0 amide bonds. The van der Waals surface area contributed by atoms with E-state index in [4.69, 9.17) is 0 Å². The predicted octanol–water partition coefficient (Wildman–Crippen LogP) is 5.62. The van der Waals surface area contributed by atoms with Crippen LogP contribution in [0.3, 0.4) is 0 Å². The number of hydrogen-bond donors (Lipinski definition) is 0. The molecule has 92 valence electrons. The Balaban J connectivity index is 2.09. The molecular weight excluding hydrogens is 220 g/mol. The third-order valence-corrected chi connectivity index (χ3v) is 3.11. The highest BCUT2D eigenvalue weighted by atomic mass is 15.1. The lowest BCUT2D eigenvalue weighted by molar-refractivity contribution is 0.733. The molecule has 1 atom stereocenters. The Kier molecular flexibility index (Phi) is 4.24. The van der Waals surface area contributed by atoms with Crippen LogP contribution >= 0.6 is 0 Å². The first-order chi connectivity index (χ1) is 8.79. The van der Waals surface area contributed by atoms with E-state index >= 15 is 0 Å². The van der Waals surface area contributed by atoms with E-state index in [0.717, 1.165) is 17.8 Å². The summed E-state index contributed by atoms with van der Waals surface area (Å²) in [5.41, 5.74) is 3.13. The van der Waals surface area contributed by atoms with Gasteiger partial charge < -0.3 is 0 Å². The minimum absolute atomic E-state index is 0.602. The Hall–Kier alpha value is -1.96. The summed E-state index contributed by atoms with van der Waals surface area (Å²) in [6, 6.07) is 18.1. The molecule has 0 fully saturated rings. The Morgan fingerprint density at radius 2 is 1.39 bits per heavy atom. The summed E-state index contributed by atoms with van der Waals surface area (Å²) in [6.45, 7) is 4.44. The first-order valence-corrected chi connectivity index (χ1v) is 6.36. The van der Waals surface area contributed by atoms with Crippen molar-refractivity contribution in [2.75, 3.05) is 0 Å². The molecule has 0 aliphatic carbocycles. The normalized spacial score (nSPS) is 12.8. The van der Waals surface area contributed by atoms with Crippen LogP contribution in [0.2, 0.25) is 0 Å². The highest BCUT2D eigenvalue weighted by molar-refractivity contribution is 5.41. The lowest BCUT2D eigenvalue weighted by atomic mass is 9.99. The zero-order chi connectivity index (χ0) is 12.8. The van der Waals surface area contributed by atoms with Crippen molar-refractivity contribution >= 4 is 11.4 Å². The number of nitrogens with zero attached hydrogens (tertiary/aromatic N) is 2. The molecule has 18 heavy (non-hydrogen) atoms. The van der Waals surface area contributed by atoms with Gasteiger partial charge in [-0.3, -0.25) is 0 Å². The number of azo groups is 1. The number of rotatable bonds is 4. The molecule has 0 saturated heterocycles. The third kappa shape index (κ3) is 3.27. The first-order valence-electron chi connectivity index (χ1n) is 6.36. The zero-order valence-corrected chi connectivity index (χ0v) is 10.9. The van der Waals surface area contributed by atoms with E-state index in [-0.39, 0.29) is 0 Å². The summed E-state index contributed by atoms with van der Waals surface area (Å²) < 4.78 is 0. The van der Waals surface area contributed by atoms with Gasteiger partial charge in [-0.2, -0.15) is 10.2 Å². The van der Waals surface area contributed by atoms with Crippen LogP contribution in [0, 0.1) is 0 Å². The molecule has 2 nitrogen and oxygen atoms in total. The lowest BCUT2D eigenvalue weighted by Gasteiger charge is -2.07. The Bertz CT molecular complexity index is 500. The monoisotopic (exact) mass is 238 g/mol. The number of hydrogen-bond acceptors (Lipinski definition) is 2. The second-order valence-electron chi connectivity index (χ2n) is 4.44. The van der Waals surface area contributed by atoms with E-state index in [0.29, 0.717) is 5.92 Å². The fraction of sp³-hybridized carbons (Fsp3) is 0.250. The van der Waals surface area contributed by atoms with Gasteiger partial charge >= 0.3 is 0 Å². The van der Waals surface area contributed by atoms with Crippen LogP contribution in [0.1, 0.15) is 31.7 Å². The molecular formula is C16H18N2. The fourth-order valence-electron chi connectivity index (χ4n) is 1.72. The van der Waals surface area contributed by atoms with Crippen LogP contribution < -0.4 is 0 Å². The van der Waals surface area contributed by atoms with Gasteiger partial charge in [0.15, 0.2) is 0 Å². The summed E-state index contributed by atoms with van der Waals surface area (Å²) in [6.07, 6.45) is 1.16. The van der Waals surface area contributed by atoms with Crippen molar-refractivity contribution in [3.63, 3.8) is 0 Å². The van der Waals surface area contributed by atoms with Crippen LogP contribution in [0.25, 0.3) is 0 Å². The molecule has 2 heteroatoms. The van der Waals surface area contributed by atoms with Crippen molar-refractivity contribution in [1.82, 2.24) is 0 Å². The van der Waals surface area contributed by atoms with E-state index < -0.39 is 0 Å². The molecule has 1 unspecified atom stereocenters. The molecule has 0 aromatic heterocycles. The summed E-state index contributed by atoms with van der Waals surface area (Å²) >= 11 is 0. The molecule has 2 aromatic rings. The van der Waals surface area contributed by atoms with E-state index in [1.807, 2.05) is 42.5 Å². The number of benzene rings is 2. The van der Waals surface area contributed by atoms with Gasteiger partial charge in [0.05, 0.1) is 11.4 Å². The molecule has 0 radical (unpaired) electrons. The van der Waals surface area contributed by atoms with Crippen LogP contribution in [-0.2, 0) is 0 Å². The molecule has 0 N–H and O–H groups in total. The van der Waals surface area contributed by atoms with Gasteiger partial charge in [-0.15, -0.1) is 0 Å². The SMILES string of the molecule is CCC(C)c1ccc(/N=N/c2ccccc2)cc1. The summed E-state index contributed by atoms with van der Waals surface area (Å²) in [7, 11) is 0. The van der Waals surface area contributed by atoms with Crippen molar-refractivity contribution in [2.45, 2.75) is 26.2 Å². The Labute approximate surface area is 108 Å². The summed E-state index contributed by atoms with van der Waals surface area (Å²) in [5.74, 6) is 0.602. The molecule has 0 saturated carbocycles. The smallest absolute Gasteiger partial charge is 0.0857 e. The van der Waals surface area contributed by atoms with E-state index in [1.54, 1.807) is 0 Å². The predicted molar refractivity (Wildman–Crippen MR) is 75.8 cm³/mol.